The number of hydrogen-bond acceptors (Lipinski definition) is 4. The zero-order valence-electron chi connectivity index (χ0n) is 15.9. The summed E-state index contributed by atoms with van der Waals surface area (Å²) in [5, 5.41) is 5.81. The van der Waals surface area contributed by atoms with Gasteiger partial charge < -0.3 is 20.3 Å². The van der Waals surface area contributed by atoms with Gasteiger partial charge in [0.2, 0.25) is 11.8 Å². The lowest BCUT2D eigenvalue weighted by molar-refractivity contribution is -0.130. The molecule has 144 valence electrons. The monoisotopic (exact) mass is 373 g/mol. The fourth-order valence-corrected chi connectivity index (χ4v) is 2.71. The molecule has 0 saturated heterocycles. The van der Waals surface area contributed by atoms with Gasteiger partial charge in [-0.3, -0.25) is 9.59 Å². The predicted octanol–water partition coefficient (Wildman–Crippen LogP) is 3.25. The molecule has 0 radical (unpaired) electrons. The van der Waals surface area contributed by atoms with Crippen LogP contribution in [0.15, 0.2) is 42.5 Å². The van der Waals surface area contributed by atoms with Crippen molar-refractivity contribution in [1.82, 2.24) is 4.90 Å². The van der Waals surface area contributed by atoms with Crippen molar-refractivity contribution in [3.63, 3.8) is 0 Å². The summed E-state index contributed by atoms with van der Waals surface area (Å²) in [5.41, 5.74) is 1.89. The molecule has 27 heavy (non-hydrogen) atoms. The van der Waals surface area contributed by atoms with Crippen molar-refractivity contribution < 1.29 is 18.7 Å². The van der Waals surface area contributed by atoms with E-state index in [1.54, 1.807) is 44.3 Å². The number of carbonyl (C=O) groups is 2. The predicted molar refractivity (Wildman–Crippen MR) is 103 cm³/mol. The van der Waals surface area contributed by atoms with Crippen LogP contribution in [0.5, 0.6) is 5.75 Å². The Morgan fingerprint density at radius 3 is 2.59 bits per heavy atom. The second-order valence-electron chi connectivity index (χ2n) is 6.29. The van der Waals surface area contributed by atoms with Gasteiger partial charge in [-0.1, -0.05) is 12.1 Å². The Balaban J connectivity index is 2.09. The van der Waals surface area contributed by atoms with E-state index in [0.717, 1.165) is 0 Å². The molecule has 1 atom stereocenters. The van der Waals surface area contributed by atoms with Crippen LogP contribution < -0.4 is 15.4 Å². The number of rotatable bonds is 7. The first-order valence-electron chi connectivity index (χ1n) is 8.51. The minimum absolute atomic E-state index is 0.161. The minimum Gasteiger partial charge on any atom is -0.495 e. The molecule has 0 heterocycles. The number of nitrogens with one attached hydrogen (secondary N) is 2. The van der Waals surface area contributed by atoms with Crippen LogP contribution in [0.2, 0.25) is 0 Å². The van der Waals surface area contributed by atoms with Crippen molar-refractivity contribution in [2.24, 2.45) is 0 Å². The van der Waals surface area contributed by atoms with Gasteiger partial charge in [0.05, 0.1) is 12.8 Å². The molecule has 0 aliphatic carbocycles. The normalized spacial score (nSPS) is 11.4. The quantitative estimate of drug-likeness (QED) is 0.782. The Bertz CT molecular complexity index is 826. The molecule has 2 amide bonds. The van der Waals surface area contributed by atoms with Crippen molar-refractivity contribution in [3.8, 4) is 5.75 Å². The average molecular weight is 373 g/mol. The SMILES string of the molecule is COc1ccc(NC(C)=O)cc1N[C@@H](C)C(=O)N(C)Cc1cccc(F)c1. The number of hydrogen-bond donors (Lipinski definition) is 2. The first-order chi connectivity index (χ1) is 12.8. The molecule has 2 aromatic rings. The third-order valence-corrected chi connectivity index (χ3v) is 3.95. The van der Waals surface area contributed by atoms with Gasteiger partial charge in [-0.2, -0.15) is 0 Å². The van der Waals surface area contributed by atoms with E-state index < -0.39 is 6.04 Å². The third-order valence-electron chi connectivity index (χ3n) is 3.95. The lowest BCUT2D eigenvalue weighted by Gasteiger charge is -2.24. The van der Waals surface area contributed by atoms with Gasteiger partial charge in [-0.05, 0) is 42.8 Å². The molecule has 2 aromatic carbocycles. The van der Waals surface area contributed by atoms with Crippen LogP contribution in [0, 0.1) is 5.82 Å². The van der Waals surface area contributed by atoms with E-state index in [0.29, 0.717) is 29.2 Å². The number of nitrogens with zero attached hydrogens (tertiary/aromatic N) is 1. The van der Waals surface area contributed by atoms with Crippen molar-refractivity contribution in [1.29, 1.82) is 0 Å². The number of benzene rings is 2. The van der Waals surface area contributed by atoms with E-state index in [4.69, 9.17) is 4.74 Å². The molecule has 7 heteroatoms. The van der Waals surface area contributed by atoms with E-state index in [9.17, 15) is 14.0 Å². The zero-order chi connectivity index (χ0) is 20.0. The van der Waals surface area contributed by atoms with Crippen LogP contribution in [0.4, 0.5) is 15.8 Å². The van der Waals surface area contributed by atoms with Crippen LogP contribution in [0.25, 0.3) is 0 Å². The molecule has 0 unspecified atom stereocenters. The van der Waals surface area contributed by atoms with Crippen molar-refractivity contribution >= 4 is 23.2 Å². The number of anilines is 2. The summed E-state index contributed by atoms with van der Waals surface area (Å²) in [6.07, 6.45) is 0. The molecule has 0 spiro atoms. The van der Waals surface area contributed by atoms with Crippen molar-refractivity contribution in [3.05, 3.63) is 53.8 Å². The largest absolute Gasteiger partial charge is 0.495 e. The summed E-state index contributed by atoms with van der Waals surface area (Å²) in [4.78, 5) is 25.4. The number of amides is 2. The summed E-state index contributed by atoms with van der Waals surface area (Å²) in [7, 11) is 3.19. The first-order valence-corrected chi connectivity index (χ1v) is 8.51. The highest BCUT2D eigenvalue weighted by Crippen LogP contribution is 2.28. The van der Waals surface area contributed by atoms with Crippen LogP contribution >= 0.6 is 0 Å². The molecular weight excluding hydrogens is 349 g/mol. The highest BCUT2D eigenvalue weighted by Gasteiger charge is 2.19. The molecule has 6 nitrogen and oxygen atoms in total. The molecule has 0 aliphatic heterocycles. The standard InChI is InChI=1S/C20H24FN3O3/c1-13(20(26)24(3)12-15-6-5-7-16(21)10-15)22-18-11-17(23-14(2)25)8-9-19(18)27-4/h5-11,13,22H,12H2,1-4H3,(H,23,25)/t13-/m0/s1. The smallest absolute Gasteiger partial charge is 0.244 e. The number of likely N-dealkylation sites (N-methyl/N-ethyl adjacent to an activating group) is 1. The second-order valence-corrected chi connectivity index (χ2v) is 6.29. The van der Waals surface area contributed by atoms with Crippen molar-refractivity contribution in [2.45, 2.75) is 26.4 Å². The number of halogens is 1. The van der Waals surface area contributed by atoms with E-state index in [1.807, 2.05) is 0 Å². The third kappa shape index (κ3) is 5.70. The minimum atomic E-state index is -0.551. The van der Waals surface area contributed by atoms with Gasteiger partial charge in [-0.25, -0.2) is 4.39 Å². The van der Waals surface area contributed by atoms with Gasteiger partial charge in [0, 0.05) is 26.2 Å². The van der Waals surface area contributed by atoms with Crippen LogP contribution in [-0.4, -0.2) is 36.9 Å². The topological polar surface area (TPSA) is 70.7 Å². The molecule has 2 rings (SSSR count). The molecule has 0 fully saturated rings. The highest BCUT2D eigenvalue weighted by atomic mass is 19.1. The molecule has 0 aliphatic rings. The fraction of sp³-hybridized carbons (Fsp3) is 0.300. The second kappa shape index (κ2) is 9.02. The lowest BCUT2D eigenvalue weighted by Crippen LogP contribution is -2.38. The van der Waals surface area contributed by atoms with Gasteiger partial charge in [0.25, 0.3) is 0 Å². The zero-order valence-corrected chi connectivity index (χ0v) is 15.9. The van der Waals surface area contributed by atoms with Gasteiger partial charge >= 0.3 is 0 Å². The summed E-state index contributed by atoms with van der Waals surface area (Å²) in [6.45, 7) is 3.45. The Hall–Kier alpha value is -3.09. The molecular formula is C20H24FN3O3. The van der Waals surface area contributed by atoms with E-state index in [-0.39, 0.29) is 17.6 Å². The van der Waals surface area contributed by atoms with Crippen LogP contribution in [0.3, 0.4) is 0 Å². The Morgan fingerprint density at radius 1 is 1.22 bits per heavy atom. The lowest BCUT2D eigenvalue weighted by atomic mass is 10.2. The average Bonchev–Trinajstić information content (AvgIpc) is 2.60. The van der Waals surface area contributed by atoms with E-state index in [1.165, 1.54) is 31.1 Å². The summed E-state index contributed by atoms with van der Waals surface area (Å²) < 4.78 is 18.6. The van der Waals surface area contributed by atoms with Gasteiger partial charge in [-0.15, -0.1) is 0 Å². The maximum Gasteiger partial charge on any atom is 0.244 e. The molecule has 0 aromatic heterocycles. The Kier molecular flexibility index (Phi) is 6.76. The summed E-state index contributed by atoms with van der Waals surface area (Å²) >= 11 is 0. The van der Waals surface area contributed by atoms with Crippen molar-refractivity contribution in [2.75, 3.05) is 24.8 Å². The van der Waals surface area contributed by atoms with E-state index >= 15 is 0 Å². The summed E-state index contributed by atoms with van der Waals surface area (Å²) in [5.74, 6) is -0.133. The maximum absolute atomic E-state index is 13.3. The molecule has 0 bridgehead atoms. The molecule has 2 N–H and O–H groups in total. The Labute approximate surface area is 158 Å². The number of ether oxygens (including phenoxy) is 1. The highest BCUT2D eigenvalue weighted by molar-refractivity contribution is 5.90. The number of carbonyl (C=O) groups excluding carboxylic acids is 2. The Morgan fingerprint density at radius 2 is 1.96 bits per heavy atom. The van der Waals surface area contributed by atoms with Crippen LogP contribution in [-0.2, 0) is 16.1 Å². The molecule has 0 saturated carbocycles. The van der Waals surface area contributed by atoms with E-state index in [2.05, 4.69) is 10.6 Å². The number of methoxy groups -OCH3 is 1. The maximum atomic E-state index is 13.3. The first kappa shape index (κ1) is 20.2. The van der Waals surface area contributed by atoms with Gasteiger partial charge in [0.15, 0.2) is 0 Å². The van der Waals surface area contributed by atoms with Gasteiger partial charge in [0.1, 0.15) is 17.6 Å². The summed E-state index contributed by atoms with van der Waals surface area (Å²) in [6, 6.07) is 10.7. The fourth-order valence-electron chi connectivity index (χ4n) is 2.71. The van der Waals surface area contributed by atoms with Crippen LogP contribution in [0.1, 0.15) is 19.4 Å².